The largest absolute Gasteiger partial charge is 0.481 e. The third-order valence-corrected chi connectivity index (χ3v) is 12.1. The van der Waals surface area contributed by atoms with Gasteiger partial charge in [0.2, 0.25) is 0 Å². The summed E-state index contributed by atoms with van der Waals surface area (Å²) in [4.78, 5) is 45.0. The fraction of sp³-hybridized carbons (Fsp3) is 0.548. The highest BCUT2D eigenvalue weighted by Gasteiger charge is 2.55. The zero-order chi connectivity index (χ0) is 41.7. The summed E-state index contributed by atoms with van der Waals surface area (Å²) >= 11 is 0. The first-order chi connectivity index (χ1) is 28.2. The number of carboxylic acids is 1. The summed E-state index contributed by atoms with van der Waals surface area (Å²) in [6.45, 7) is 7.98. The summed E-state index contributed by atoms with van der Waals surface area (Å²) in [5.74, 6) is -1.58. The number of amides is 1. The maximum atomic E-state index is 17.4. The Kier molecular flexibility index (Phi) is 11.0. The molecule has 4 fully saturated rings. The van der Waals surface area contributed by atoms with Crippen LogP contribution in [0.15, 0.2) is 36.5 Å². The smallest absolute Gasteiger partial charge is 0.411 e. The second-order valence-corrected chi connectivity index (χ2v) is 17.1. The van der Waals surface area contributed by atoms with E-state index in [1.165, 1.54) is 25.4 Å². The maximum Gasteiger partial charge on any atom is 0.411 e. The molecule has 0 aliphatic carbocycles. The summed E-state index contributed by atoms with van der Waals surface area (Å²) in [5, 5.41) is 10.1. The quantitative estimate of drug-likeness (QED) is 0.162. The first-order valence-electron chi connectivity index (χ1n) is 20.1. The topological polar surface area (TPSA) is 175 Å². The molecular weight excluding hydrogens is 768 g/mol. The van der Waals surface area contributed by atoms with E-state index in [1.54, 1.807) is 23.1 Å². The maximum absolute atomic E-state index is 17.4. The highest BCUT2D eigenvalue weighted by atomic mass is 19.1. The van der Waals surface area contributed by atoms with Crippen molar-refractivity contribution in [1.29, 1.82) is 0 Å². The van der Waals surface area contributed by atoms with Crippen LogP contribution in [0.2, 0.25) is 0 Å². The number of carboxylic acid groups (broad SMARTS) is 1. The van der Waals surface area contributed by atoms with Gasteiger partial charge < -0.3 is 39.4 Å². The number of aliphatic carboxylic acids is 1. The summed E-state index contributed by atoms with van der Waals surface area (Å²) in [5.41, 5.74) is 4.54. The number of carbonyl (C=O) groups is 2. The third kappa shape index (κ3) is 7.80. The van der Waals surface area contributed by atoms with Crippen LogP contribution in [0.1, 0.15) is 59.3 Å². The van der Waals surface area contributed by atoms with E-state index in [0.29, 0.717) is 54.7 Å². The number of fused-ring (bicyclic) bond motifs is 5. The lowest BCUT2D eigenvalue weighted by Gasteiger charge is -2.49. The molecule has 316 valence electrons. The van der Waals surface area contributed by atoms with Gasteiger partial charge in [0.25, 0.3) is 0 Å². The van der Waals surface area contributed by atoms with Crippen molar-refractivity contribution in [3.8, 4) is 23.0 Å². The van der Waals surface area contributed by atoms with Crippen LogP contribution in [0.5, 0.6) is 11.8 Å². The molecule has 4 saturated heterocycles. The number of carbonyl (C=O) groups excluding carboxylic acids is 1. The minimum atomic E-state index is -0.918. The molecule has 0 saturated carbocycles. The Hall–Kier alpha value is -4.97. The van der Waals surface area contributed by atoms with Crippen LogP contribution in [0.25, 0.3) is 32.9 Å². The summed E-state index contributed by atoms with van der Waals surface area (Å²) in [6, 6.07) is 7.45. The Morgan fingerprint density at radius 1 is 1.08 bits per heavy atom. The molecule has 59 heavy (non-hydrogen) atoms. The molecule has 0 radical (unpaired) electrons. The van der Waals surface area contributed by atoms with E-state index in [0.717, 1.165) is 19.4 Å². The molecule has 4 aliphatic rings. The number of pyridine rings is 1. The van der Waals surface area contributed by atoms with Crippen LogP contribution in [-0.4, -0.2) is 131 Å². The van der Waals surface area contributed by atoms with E-state index in [4.69, 9.17) is 39.5 Å². The van der Waals surface area contributed by atoms with Crippen molar-refractivity contribution >= 4 is 39.6 Å². The van der Waals surface area contributed by atoms with Crippen molar-refractivity contribution in [2.24, 2.45) is 5.73 Å². The zero-order valence-corrected chi connectivity index (χ0v) is 33.8. The van der Waals surface area contributed by atoms with Crippen LogP contribution >= 0.6 is 0 Å². The Morgan fingerprint density at radius 2 is 1.92 bits per heavy atom. The molecule has 2 unspecified atom stereocenters. The fourth-order valence-electron chi connectivity index (χ4n) is 9.51. The number of anilines is 1. The van der Waals surface area contributed by atoms with Gasteiger partial charge in [-0.2, -0.15) is 9.97 Å². The number of nitrogens with two attached hydrogens (primary N) is 1. The number of hydrogen-bond donors (Lipinski definition) is 2. The number of hydrogen-bond acceptors (Lipinski definition) is 13. The molecule has 15 nitrogen and oxygen atoms in total. The molecule has 1 amide bonds. The molecule has 2 aromatic carbocycles. The number of ether oxygens (including phenoxy) is 5. The second-order valence-electron chi connectivity index (χ2n) is 17.1. The molecule has 6 heterocycles. The van der Waals surface area contributed by atoms with Crippen LogP contribution in [0.4, 0.5) is 19.4 Å². The van der Waals surface area contributed by atoms with Crippen molar-refractivity contribution in [1.82, 2.24) is 24.8 Å². The van der Waals surface area contributed by atoms with Crippen molar-refractivity contribution in [3.63, 3.8) is 0 Å². The Bertz CT molecular complexity index is 2260. The van der Waals surface area contributed by atoms with Crippen molar-refractivity contribution in [2.45, 2.75) is 88.1 Å². The number of halogens is 2. The monoisotopic (exact) mass is 819 g/mol. The number of methoxy groups -OCH3 is 1. The van der Waals surface area contributed by atoms with E-state index in [2.05, 4.69) is 14.9 Å². The van der Waals surface area contributed by atoms with Crippen LogP contribution in [0, 0.1) is 11.6 Å². The van der Waals surface area contributed by atoms with Crippen LogP contribution in [-0.2, 0) is 19.0 Å². The molecule has 8 rings (SSSR count). The normalized spacial score (nSPS) is 24.3. The molecule has 0 spiro atoms. The Labute approximate surface area is 340 Å². The first-order valence-corrected chi connectivity index (χ1v) is 20.1. The summed E-state index contributed by atoms with van der Waals surface area (Å²) in [7, 11) is 1.48. The molecule has 3 N–H and O–H groups in total. The number of piperazine rings is 1. The van der Waals surface area contributed by atoms with Crippen molar-refractivity contribution in [2.75, 3.05) is 64.7 Å². The van der Waals surface area contributed by atoms with Gasteiger partial charge in [-0.25, -0.2) is 13.6 Å². The van der Waals surface area contributed by atoms with Gasteiger partial charge in [0.05, 0.1) is 41.6 Å². The van der Waals surface area contributed by atoms with Gasteiger partial charge in [-0.1, -0.05) is 12.1 Å². The highest BCUT2D eigenvalue weighted by Crippen LogP contribution is 2.45. The molecule has 2 aromatic heterocycles. The molecular formula is C42H51F2N7O8. The Morgan fingerprint density at radius 3 is 2.68 bits per heavy atom. The third-order valence-electron chi connectivity index (χ3n) is 12.1. The van der Waals surface area contributed by atoms with Gasteiger partial charge in [0.15, 0.2) is 12.6 Å². The molecule has 4 aliphatic heterocycles. The first kappa shape index (κ1) is 40.8. The number of nitrogens with zero attached hydrogens (tertiary/aromatic N) is 6. The van der Waals surface area contributed by atoms with Gasteiger partial charge in [0, 0.05) is 50.4 Å². The molecule has 17 heteroatoms. The van der Waals surface area contributed by atoms with E-state index in [-0.39, 0.29) is 79.8 Å². The second kappa shape index (κ2) is 15.9. The number of rotatable bonds is 13. The fourth-order valence-corrected chi connectivity index (χ4v) is 9.51. The average Bonchev–Trinajstić information content (AvgIpc) is 3.81. The van der Waals surface area contributed by atoms with E-state index in [1.807, 2.05) is 25.7 Å². The average molecular weight is 820 g/mol. The Balaban J connectivity index is 1.20. The van der Waals surface area contributed by atoms with Gasteiger partial charge >= 0.3 is 18.1 Å². The SMILES string of the molecule is COCOc1cc(-c2ncc3c(N4CC5CCC(CN)(C4)N5C(=O)OC(C)(C)C)nc(OC[C@]45CCCN4C[C@H](OCCC(=O)O)C5)nc3c2F)c2c(F)cccc2c1. The van der Waals surface area contributed by atoms with E-state index in [9.17, 15) is 9.59 Å². The zero-order valence-electron chi connectivity index (χ0n) is 33.8. The van der Waals surface area contributed by atoms with Gasteiger partial charge in [-0.3, -0.25) is 19.6 Å². The van der Waals surface area contributed by atoms with Crippen molar-refractivity contribution in [3.05, 3.63) is 48.2 Å². The summed E-state index contributed by atoms with van der Waals surface area (Å²) in [6.07, 6.45) is 4.53. The lowest BCUT2D eigenvalue weighted by molar-refractivity contribution is -0.138. The van der Waals surface area contributed by atoms with Gasteiger partial charge in [-0.05, 0) is 83.0 Å². The number of benzene rings is 2. The summed E-state index contributed by atoms with van der Waals surface area (Å²) < 4.78 is 62.1. The molecule has 4 aromatic rings. The lowest BCUT2D eigenvalue weighted by Crippen LogP contribution is -2.66. The minimum absolute atomic E-state index is 0.0584. The standard InChI is InChI=1S/C42H51F2N7O8/c1-40(2,3)59-39(54)51-26-9-12-42(51,21-45)22-49(19-26)37-30-18-46-35(29-16-27(58-24-55-4)15-25-7-5-8-31(43)33(25)29)34(44)36(30)47-38(48-37)57-23-41-11-6-13-50(41)20-28(17-41)56-14-10-32(52)53/h5,7-8,15-16,18,26,28H,6,9-14,17,19-24,45H2,1-4H3,(H,52,53)/t26?,28-,41-,42?/m1/s1. The van der Waals surface area contributed by atoms with Gasteiger partial charge in [-0.15, -0.1) is 0 Å². The predicted molar refractivity (Wildman–Crippen MR) is 213 cm³/mol. The van der Waals surface area contributed by atoms with Crippen LogP contribution in [0.3, 0.4) is 0 Å². The van der Waals surface area contributed by atoms with E-state index >= 15 is 8.78 Å². The molecule has 4 atom stereocenters. The minimum Gasteiger partial charge on any atom is -0.481 e. The van der Waals surface area contributed by atoms with Crippen LogP contribution < -0.4 is 20.1 Å². The predicted octanol–water partition coefficient (Wildman–Crippen LogP) is 5.50. The highest BCUT2D eigenvalue weighted by molar-refractivity contribution is 6.00. The van der Waals surface area contributed by atoms with E-state index < -0.39 is 40.4 Å². The number of aromatic nitrogens is 3. The lowest BCUT2D eigenvalue weighted by atomic mass is 9.94. The van der Waals surface area contributed by atoms with Crippen molar-refractivity contribution < 1.29 is 47.2 Å². The molecule has 2 bridgehead atoms. The van der Waals surface area contributed by atoms with Gasteiger partial charge in [0.1, 0.15) is 40.8 Å².